The molecule has 0 bridgehead atoms. The van der Waals surface area contributed by atoms with Crippen LogP contribution in [0.3, 0.4) is 0 Å². The third kappa shape index (κ3) is 4.21. The summed E-state index contributed by atoms with van der Waals surface area (Å²) in [5.74, 6) is -0.765. The molecule has 0 aromatic heterocycles. The topological polar surface area (TPSA) is 75.6 Å². The number of amides is 1. The number of hydrogen-bond donors (Lipinski definition) is 2. The van der Waals surface area contributed by atoms with E-state index in [4.69, 9.17) is 9.84 Å². The lowest BCUT2D eigenvalue weighted by Gasteiger charge is -2.38. The highest BCUT2D eigenvalue weighted by Crippen LogP contribution is 2.37. The van der Waals surface area contributed by atoms with Crippen molar-refractivity contribution >= 4 is 12.1 Å². The van der Waals surface area contributed by atoms with Crippen LogP contribution in [0.1, 0.15) is 31.7 Å². The highest BCUT2D eigenvalue weighted by molar-refractivity contribution is 5.71. The van der Waals surface area contributed by atoms with Gasteiger partial charge in [0.2, 0.25) is 0 Å². The second-order valence-electron chi connectivity index (χ2n) is 5.49. The monoisotopic (exact) mass is 291 g/mol. The van der Waals surface area contributed by atoms with Gasteiger partial charge in [0.05, 0.1) is 5.92 Å². The second kappa shape index (κ2) is 7.11. The van der Waals surface area contributed by atoms with E-state index in [1.165, 1.54) is 0 Å². The molecule has 1 aromatic carbocycles. The van der Waals surface area contributed by atoms with Crippen molar-refractivity contribution in [1.82, 2.24) is 5.32 Å². The van der Waals surface area contributed by atoms with Crippen LogP contribution in [0.2, 0.25) is 0 Å². The van der Waals surface area contributed by atoms with E-state index in [9.17, 15) is 9.59 Å². The summed E-state index contributed by atoms with van der Waals surface area (Å²) in [5, 5.41) is 11.7. The van der Waals surface area contributed by atoms with Crippen molar-refractivity contribution in [3.05, 3.63) is 35.9 Å². The number of alkyl carbamates (subject to hydrolysis) is 1. The van der Waals surface area contributed by atoms with E-state index >= 15 is 0 Å². The van der Waals surface area contributed by atoms with Crippen molar-refractivity contribution < 1.29 is 19.4 Å². The summed E-state index contributed by atoms with van der Waals surface area (Å²) in [5.41, 5.74) is 0.940. The first-order valence-corrected chi connectivity index (χ1v) is 7.30. The van der Waals surface area contributed by atoms with Crippen LogP contribution in [0.25, 0.3) is 0 Å². The van der Waals surface area contributed by atoms with E-state index in [-0.39, 0.29) is 24.5 Å². The van der Waals surface area contributed by atoms with E-state index < -0.39 is 12.1 Å². The van der Waals surface area contributed by atoms with Crippen LogP contribution < -0.4 is 5.32 Å². The molecule has 1 atom stereocenters. The van der Waals surface area contributed by atoms with Gasteiger partial charge in [-0.1, -0.05) is 37.3 Å². The number of rotatable bonds is 6. The molecule has 5 heteroatoms. The van der Waals surface area contributed by atoms with Gasteiger partial charge in [-0.25, -0.2) is 4.79 Å². The van der Waals surface area contributed by atoms with Gasteiger partial charge in [0.15, 0.2) is 0 Å². The molecule has 1 unspecified atom stereocenters. The molecular weight excluding hydrogens is 270 g/mol. The average molecular weight is 291 g/mol. The van der Waals surface area contributed by atoms with Gasteiger partial charge in [0, 0.05) is 6.04 Å². The van der Waals surface area contributed by atoms with Crippen molar-refractivity contribution in [3.63, 3.8) is 0 Å². The largest absolute Gasteiger partial charge is 0.481 e. The number of aliphatic carboxylic acids is 1. The van der Waals surface area contributed by atoms with Crippen molar-refractivity contribution in [2.24, 2.45) is 11.8 Å². The maximum atomic E-state index is 11.8. The third-order valence-electron chi connectivity index (χ3n) is 4.05. The number of carboxylic acids is 1. The van der Waals surface area contributed by atoms with E-state index in [1.807, 2.05) is 37.3 Å². The molecule has 2 N–H and O–H groups in total. The maximum absolute atomic E-state index is 11.8. The molecule has 2 rings (SSSR count). The number of ether oxygens (including phenoxy) is 1. The van der Waals surface area contributed by atoms with Crippen LogP contribution in [-0.2, 0) is 16.1 Å². The Morgan fingerprint density at radius 2 is 2.00 bits per heavy atom. The fourth-order valence-electron chi connectivity index (χ4n) is 2.66. The molecule has 114 valence electrons. The molecule has 1 fully saturated rings. The van der Waals surface area contributed by atoms with Gasteiger partial charge < -0.3 is 15.2 Å². The van der Waals surface area contributed by atoms with E-state index in [0.29, 0.717) is 12.8 Å². The molecule has 5 nitrogen and oxygen atoms in total. The lowest BCUT2D eigenvalue weighted by atomic mass is 9.70. The molecular formula is C16H21NO4. The molecule has 1 aliphatic carbocycles. The molecule has 0 heterocycles. The van der Waals surface area contributed by atoms with E-state index in [2.05, 4.69) is 5.32 Å². The summed E-state index contributed by atoms with van der Waals surface area (Å²) in [7, 11) is 0. The molecule has 21 heavy (non-hydrogen) atoms. The highest BCUT2D eigenvalue weighted by Gasteiger charge is 2.39. The Kier molecular flexibility index (Phi) is 5.20. The highest BCUT2D eigenvalue weighted by atomic mass is 16.5. The number of carboxylic acid groups (broad SMARTS) is 1. The maximum Gasteiger partial charge on any atom is 0.407 e. The smallest absolute Gasteiger partial charge is 0.407 e. The van der Waals surface area contributed by atoms with Gasteiger partial charge in [0.25, 0.3) is 0 Å². The third-order valence-corrected chi connectivity index (χ3v) is 4.05. The Morgan fingerprint density at radius 1 is 1.33 bits per heavy atom. The minimum absolute atomic E-state index is 0.0103. The summed E-state index contributed by atoms with van der Waals surface area (Å²) >= 11 is 0. The summed E-state index contributed by atoms with van der Waals surface area (Å²) in [4.78, 5) is 22.6. The second-order valence-corrected chi connectivity index (χ2v) is 5.49. The Morgan fingerprint density at radius 3 is 2.57 bits per heavy atom. The molecule has 0 aliphatic heterocycles. The first-order valence-electron chi connectivity index (χ1n) is 7.30. The van der Waals surface area contributed by atoms with Crippen molar-refractivity contribution in [2.75, 3.05) is 0 Å². The van der Waals surface area contributed by atoms with E-state index in [1.54, 1.807) is 0 Å². The van der Waals surface area contributed by atoms with Crippen LogP contribution in [-0.4, -0.2) is 23.2 Å². The van der Waals surface area contributed by atoms with Gasteiger partial charge in [-0.15, -0.1) is 0 Å². The minimum Gasteiger partial charge on any atom is -0.481 e. The van der Waals surface area contributed by atoms with Crippen LogP contribution in [0.15, 0.2) is 30.3 Å². The minimum atomic E-state index is -0.743. The van der Waals surface area contributed by atoms with Crippen LogP contribution in [0.4, 0.5) is 4.79 Å². The van der Waals surface area contributed by atoms with Crippen LogP contribution in [0, 0.1) is 11.8 Å². The zero-order chi connectivity index (χ0) is 15.2. The summed E-state index contributed by atoms with van der Waals surface area (Å²) in [6.07, 6.45) is 1.60. The molecule has 1 aromatic rings. The predicted molar refractivity (Wildman–Crippen MR) is 77.7 cm³/mol. The molecule has 0 radical (unpaired) electrons. The predicted octanol–water partition coefficient (Wildman–Crippen LogP) is 2.80. The number of hydrogen-bond acceptors (Lipinski definition) is 3. The standard InChI is InChI=1S/C16H21NO4/c1-2-14(12-8-13(9-12)15(18)19)17-16(20)21-10-11-6-4-3-5-7-11/h3-7,12-14H,2,8-10H2,1H3,(H,17,20)(H,18,19). The SMILES string of the molecule is CCC(NC(=O)OCc1ccccc1)C1CC(C(=O)O)C1. The van der Waals surface area contributed by atoms with Crippen LogP contribution in [0.5, 0.6) is 0 Å². The average Bonchev–Trinajstić information content (AvgIpc) is 2.43. The summed E-state index contributed by atoms with van der Waals surface area (Å²) < 4.78 is 5.19. The van der Waals surface area contributed by atoms with Crippen molar-refractivity contribution in [1.29, 1.82) is 0 Å². The molecule has 1 saturated carbocycles. The Labute approximate surface area is 124 Å². The molecule has 1 aliphatic rings. The summed E-state index contributed by atoms with van der Waals surface area (Å²) in [6, 6.07) is 9.48. The first kappa shape index (κ1) is 15.4. The lowest BCUT2D eigenvalue weighted by Crippen LogP contribution is -2.46. The number of nitrogens with one attached hydrogen (secondary N) is 1. The van der Waals surface area contributed by atoms with E-state index in [0.717, 1.165) is 12.0 Å². The number of carbonyl (C=O) groups is 2. The first-order chi connectivity index (χ1) is 10.1. The zero-order valence-corrected chi connectivity index (χ0v) is 12.1. The lowest BCUT2D eigenvalue weighted by molar-refractivity contribution is -0.146. The number of carbonyl (C=O) groups excluding carboxylic acids is 1. The van der Waals surface area contributed by atoms with Gasteiger partial charge in [-0.05, 0) is 30.7 Å². The Bertz CT molecular complexity index is 482. The Balaban J connectivity index is 1.74. The van der Waals surface area contributed by atoms with Crippen LogP contribution >= 0.6 is 0 Å². The fraction of sp³-hybridized carbons (Fsp3) is 0.500. The normalized spacial score (nSPS) is 22.0. The summed E-state index contributed by atoms with van der Waals surface area (Å²) in [6.45, 7) is 2.22. The van der Waals surface area contributed by atoms with Crippen molar-refractivity contribution in [3.8, 4) is 0 Å². The molecule has 0 spiro atoms. The quantitative estimate of drug-likeness (QED) is 0.845. The van der Waals surface area contributed by atoms with Crippen molar-refractivity contribution in [2.45, 2.75) is 38.8 Å². The molecule has 0 saturated heterocycles. The molecule has 1 amide bonds. The zero-order valence-electron chi connectivity index (χ0n) is 12.1. The van der Waals surface area contributed by atoms with Gasteiger partial charge in [-0.3, -0.25) is 4.79 Å². The Hall–Kier alpha value is -2.04. The van der Waals surface area contributed by atoms with Gasteiger partial charge >= 0.3 is 12.1 Å². The van der Waals surface area contributed by atoms with Gasteiger partial charge in [0.1, 0.15) is 6.61 Å². The number of benzene rings is 1. The van der Waals surface area contributed by atoms with Gasteiger partial charge in [-0.2, -0.15) is 0 Å². The fourth-order valence-corrected chi connectivity index (χ4v) is 2.66.